The van der Waals surface area contributed by atoms with Gasteiger partial charge in [0.2, 0.25) is 0 Å². The van der Waals surface area contributed by atoms with Crippen molar-refractivity contribution < 1.29 is 0 Å². The summed E-state index contributed by atoms with van der Waals surface area (Å²) in [6.45, 7) is 7.89. The molecule has 1 aromatic rings. The van der Waals surface area contributed by atoms with Crippen LogP contribution in [0.15, 0.2) is 5.38 Å². The highest BCUT2D eigenvalue weighted by Gasteiger charge is 2.25. The van der Waals surface area contributed by atoms with Crippen molar-refractivity contribution in [2.45, 2.75) is 58.5 Å². The topological polar surface area (TPSA) is 28.2 Å². The Balaban J connectivity index is 2.14. The second-order valence-corrected chi connectivity index (χ2v) is 6.89. The lowest BCUT2D eigenvalue weighted by molar-refractivity contribution is 0.533. The van der Waals surface area contributed by atoms with Gasteiger partial charge in [0.15, 0.2) is 5.13 Å². The molecule has 0 aromatic carbocycles. The highest BCUT2D eigenvalue weighted by Crippen LogP contribution is 2.32. The van der Waals surface area contributed by atoms with Crippen molar-refractivity contribution in [3.8, 4) is 0 Å². The first kappa shape index (κ1) is 14.8. The van der Waals surface area contributed by atoms with Crippen LogP contribution in [0.5, 0.6) is 0 Å². The fraction of sp³-hybridized carbons (Fsp3) is 0.800. The van der Waals surface area contributed by atoms with Crippen LogP contribution in [0.3, 0.4) is 0 Å². The normalized spacial score (nSPS) is 18.2. The number of nitrogens with zero attached hydrogens (tertiary/aromatic N) is 2. The smallest absolute Gasteiger partial charge is 0.185 e. The van der Waals surface area contributed by atoms with Crippen LogP contribution in [0.1, 0.15) is 58.2 Å². The molecule has 0 spiro atoms. The summed E-state index contributed by atoms with van der Waals surface area (Å²) >= 11 is 1.80. The number of aromatic nitrogens is 1. The molecule has 1 fully saturated rings. The van der Waals surface area contributed by atoms with Crippen LogP contribution in [-0.2, 0) is 0 Å². The van der Waals surface area contributed by atoms with Gasteiger partial charge in [0.25, 0.3) is 0 Å². The van der Waals surface area contributed by atoms with Crippen molar-refractivity contribution in [3.63, 3.8) is 0 Å². The van der Waals surface area contributed by atoms with E-state index in [4.69, 9.17) is 4.98 Å². The SMILES string of the molecule is CNC(C)c1csc(N(CC(C)C)C2CCCC2)n1. The Bertz CT molecular complexity index is 382. The molecule has 3 nitrogen and oxygen atoms in total. The highest BCUT2D eigenvalue weighted by molar-refractivity contribution is 7.13. The summed E-state index contributed by atoms with van der Waals surface area (Å²) in [5, 5.41) is 6.70. The van der Waals surface area contributed by atoms with Gasteiger partial charge in [-0.3, -0.25) is 0 Å². The Morgan fingerprint density at radius 2 is 2.05 bits per heavy atom. The molecule has 0 aliphatic heterocycles. The Labute approximate surface area is 121 Å². The van der Waals surface area contributed by atoms with Crippen LogP contribution >= 0.6 is 11.3 Å². The third-order valence-electron chi connectivity index (χ3n) is 3.96. The lowest BCUT2D eigenvalue weighted by Gasteiger charge is -2.30. The zero-order valence-corrected chi connectivity index (χ0v) is 13.5. The Kier molecular flexibility index (Phi) is 5.22. The first-order valence-corrected chi connectivity index (χ1v) is 8.39. The Hall–Kier alpha value is -0.610. The maximum atomic E-state index is 4.86. The molecule has 1 unspecified atom stereocenters. The fourth-order valence-electron chi connectivity index (χ4n) is 2.75. The lowest BCUT2D eigenvalue weighted by Crippen LogP contribution is -2.36. The fourth-order valence-corrected chi connectivity index (χ4v) is 3.75. The van der Waals surface area contributed by atoms with Crippen LogP contribution in [-0.4, -0.2) is 24.6 Å². The van der Waals surface area contributed by atoms with E-state index in [9.17, 15) is 0 Å². The molecule has 108 valence electrons. The number of rotatable bonds is 6. The number of hydrogen-bond donors (Lipinski definition) is 1. The van der Waals surface area contributed by atoms with Gasteiger partial charge >= 0.3 is 0 Å². The molecule has 1 aliphatic carbocycles. The Morgan fingerprint density at radius 3 is 2.63 bits per heavy atom. The zero-order chi connectivity index (χ0) is 13.8. The van der Waals surface area contributed by atoms with Gasteiger partial charge in [0, 0.05) is 24.0 Å². The van der Waals surface area contributed by atoms with Crippen molar-refractivity contribution in [3.05, 3.63) is 11.1 Å². The minimum atomic E-state index is 0.342. The molecule has 0 bridgehead atoms. The standard InChI is InChI=1S/C15H27N3S/c1-11(2)9-18(13-7-5-6-8-13)15-17-14(10-19-15)12(3)16-4/h10-13,16H,5-9H2,1-4H3. The summed E-state index contributed by atoms with van der Waals surface area (Å²) in [5.74, 6) is 0.690. The van der Waals surface area contributed by atoms with Gasteiger partial charge in [0.05, 0.1) is 5.69 Å². The third kappa shape index (κ3) is 3.69. The van der Waals surface area contributed by atoms with E-state index in [-0.39, 0.29) is 0 Å². The molecule has 1 aromatic heterocycles. The summed E-state index contributed by atoms with van der Waals surface area (Å²) in [6.07, 6.45) is 5.43. The molecular weight excluding hydrogens is 254 g/mol. The zero-order valence-electron chi connectivity index (χ0n) is 12.6. The number of anilines is 1. The summed E-state index contributed by atoms with van der Waals surface area (Å²) in [5.41, 5.74) is 1.18. The van der Waals surface area contributed by atoms with E-state index in [1.165, 1.54) is 36.5 Å². The van der Waals surface area contributed by atoms with Crippen LogP contribution in [0.4, 0.5) is 5.13 Å². The van der Waals surface area contributed by atoms with E-state index in [0.717, 1.165) is 6.54 Å². The summed E-state index contributed by atoms with van der Waals surface area (Å²) in [4.78, 5) is 7.42. The van der Waals surface area contributed by atoms with Gasteiger partial charge in [-0.2, -0.15) is 0 Å². The predicted octanol–water partition coefficient (Wildman–Crippen LogP) is 3.83. The lowest BCUT2D eigenvalue weighted by atomic mass is 10.1. The third-order valence-corrected chi connectivity index (χ3v) is 4.86. The molecule has 1 heterocycles. The van der Waals surface area contributed by atoms with Crippen molar-refractivity contribution >= 4 is 16.5 Å². The summed E-state index contributed by atoms with van der Waals surface area (Å²) < 4.78 is 0. The first-order valence-electron chi connectivity index (χ1n) is 7.51. The van der Waals surface area contributed by atoms with Gasteiger partial charge in [-0.1, -0.05) is 26.7 Å². The average molecular weight is 281 g/mol. The monoisotopic (exact) mass is 281 g/mol. The molecule has 1 atom stereocenters. The van der Waals surface area contributed by atoms with Crippen LogP contribution < -0.4 is 10.2 Å². The van der Waals surface area contributed by atoms with Gasteiger partial charge in [0.1, 0.15) is 0 Å². The molecule has 0 saturated heterocycles. The molecule has 1 saturated carbocycles. The second kappa shape index (κ2) is 6.71. The second-order valence-electron chi connectivity index (χ2n) is 6.05. The molecule has 0 amide bonds. The van der Waals surface area contributed by atoms with E-state index in [1.54, 1.807) is 11.3 Å². The molecule has 4 heteroatoms. The maximum absolute atomic E-state index is 4.86. The van der Waals surface area contributed by atoms with Crippen molar-refractivity contribution in [2.75, 3.05) is 18.5 Å². The van der Waals surface area contributed by atoms with E-state index in [0.29, 0.717) is 18.0 Å². The minimum absolute atomic E-state index is 0.342. The average Bonchev–Trinajstić information content (AvgIpc) is 3.05. The van der Waals surface area contributed by atoms with E-state index < -0.39 is 0 Å². The van der Waals surface area contributed by atoms with Crippen LogP contribution in [0.2, 0.25) is 0 Å². The van der Waals surface area contributed by atoms with Gasteiger partial charge < -0.3 is 10.2 Å². The number of nitrogens with one attached hydrogen (secondary N) is 1. The van der Waals surface area contributed by atoms with Crippen LogP contribution in [0.25, 0.3) is 0 Å². The van der Waals surface area contributed by atoms with Crippen molar-refractivity contribution in [1.82, 2.24) is 10.3 Å². The quantitative estimate of drug-likeness (QED) is 0.859. The van der Waals surface area contributed by atoms with E-state index >= 15 is 0 Å². The van der Waals surface area contributed by atoms with Gasteiger partial charge in [-0.05, 0) is 32.7 Å². The van der Waals surface area contributed by atoms with Crippen molar-refractivity contribution in [2.24, 2.45) is 5.92 Å². The van der Waals surface area contributed by atoms with E-state index in [2.05, 4.69) is 36.4 Å². The van der Waals surface area contributed by atoms with Gasteiger partial charge in [-0.15, -0.1) is 11.3 Å². The predicted molar refractivity (Wildman–Crippen MR) is 84.0 cm³/mol. The molecular formula is C15H27N3S. The number of thiazole rings is 1. The minimum Gasteiger partial charge on any atom is -0.345 e. The molecule has 0 radical (unpaired) electrons. The van der Waals surface area contributed by atoms with Crippen LogP contribution in [0, 0.1) is 5.92 Å². The van der Waals surface area contributed by atoms with Crippen molar-refractivity contribution in [1.29, 1.82) is 0 Å². The van der Waals surface area contributed by atoms with E-state index in [1.807, 2.05) is 7.05 Å². The molecule has 19 heavy (non-hydrogen) atoms. The molecule has 1 aliphatic rings. The summed E-state index contributed by atoms with van der Waals surface area (Å²) in [6, 6.07) is 1.06. The highest BCUT2D eigenvalue weighted by atomic mass is 32.1. The summed E-state index contributed by atoms with van der Waals surface area (Å²) in [7, 11) is 1.99. The largest absolute Gasteiger partial charge is 0.345 e. The molecule has 2 rings (SSSR count). The van der Waals surface area contributed by atoms with Gasteiger partial charge in [-0.25, -0.2) is 4.98 Å². The number of hydrogen-bond acceptors (Lipinski definition) is 4. The maximum Gasteiger partial charge on any atom is 0.185 e. The molecule has 1 N–H and O–H groups in total. The Morgan fingerprint density at radius 1 is 1.37 bits per heavy atom. The first-order chi connectivity index (χ1) is 9.11.